The molecule has 0 atom stereocenters. The zero-order valence-corrected chi connectivity index (χ0v) is 17.3. The smallest absolute Gasteiger partial charge is 0.237 e. The van der Waals surface area contributed by atoms with Crippen LogP contribution in [-0.2, 0) is 14.3 Å². The molecular formula is C19H28ClN3O3S. The van der Waals surface area contributed by atoms with Crippen molar-refractivity contribution in [3.8, 4) is 0 Å². The van der Waals surface area contributed by atoms with Gasteiger partial charge in [0.2, 0.25) is 11.8 Å². The molecule has 1 saturated heterocycles. The number of hydrogen-bond acceptors (Lipinski definition) is 5. The number of fused-ring (bicyclic) bond motifs is 1. The van der Waals surface area contributed by atoms with Crippen LogP contribution in [0.5, 0.6) is 0 Å². The standard InChI is InChI=1S/C19H27N3O3S.ClH/c1-25-14-19(7-9-20-10-8-19)13-21-17(23)6-11-22-15-4-2-3-5-16(15)26-12-18(22)24;/h2-5,20H,6-14H2,1H3,(H,21,23);1H. The Morgan fingerprint density at radius 1 is 1.33 bits per heavy atom. The van der Waals surface area contributed by atoms with E-state index in [0.717, 1.165) is 36.5 Å². The second kappa shape index (κ2) is 10.3. The summed E-state index contributed by atoms with van der Waals surface area (Å²) < 4.78 is 5.39. The summed E-state index contributed by atoms with van der Waals surface area (Å²) in [6.45, 7) is 3.61. The maximum atomic E-state index is 12.4. The number of halogens is 1. The molecule has 2 heterocycles. The molecule has 27 heavy (non-hydrogen) atoms. The lowest BCUT2D eigenvalue weighted by Gasteiger charge is -2.37. The Hall–Kier alpha value is -1.28. The van der Waals surface area contributed by atoms with Crippen molar-refractivity contribution in [3.05, 3.63) is 24.3 Å². The zero-order chi connectivity index (χ0) is 18.4. The summed E-state index contributed by atoms with van der Waals surface area (Å²) in [6, 6.07) is 7.86. The summed E-state index contributed by atoms with van der Waals surface area (Å²) in [4.78, 5) is 27.5. The number of carbonyl (C=O) groups excluding carboxylic acids is 2. The van der Waals surface area contributed by atoms with Gasteiger partial charge in [-0.25, -0.2) is 0 Å². The number of amides is 2. The number of carbonyl (C=O) groups is 2. The molecule has 2 aliphatic rings. The van der Waals surface area contributed by atoms with Gasteiger partial charge in [-0.15, -0.1) is 24.2 Å². The molecule has 8 heteroatoms. The van der Waals surface area contributed by atoms with Crippen LogP contribution in [0.15, 0.2) is 29.2 Å². The minimum Gasteiger partial charge on any atom is -0.384 e. The number of thioether (sulfide) groups is 1. The quantitative estimate of drug-likeness (QED) is 0.716. The first-order valence-electron chi connectivity index (χ1n) is 9.12. The summed E-state index contributed by atoms with van der Waals surface area (Å²) in [5.74, 6) is 0.487. The van der Waals surface area contributed by atoms with Gasteiger partial charge in [-0.1, -0.05) is 12.1 Å². The highest BCUT2D eigenvalue weighted by atomic mass is 35.5. The normalized spacial score (nSPS) is 18.4. The number of piperidine rings is 1. The minimum absolute atomic E-state index is 0. The van der Waals surface area contributed by atoms with Crippen LogP contribution in [0.4, 0.5) is 5.69 Å². The Morgan fingerprint density at radius 2 is 2.07 bits per heavy atom. The zero-order valence-electron chi connectivity index (χ0n) is 15.7. The van der Waals surface area contributed by atoms with Crippen molar-refractivity contribution in [2.24, 2.45) is 5.41 Å². The summed E-state index contributed by atoms with van der Waals surface area (Å²) >= 11 is 1.56. The number of nitrogens with one attached hydrogen (secondary N) is 2. The van der Waals surface area contributed by atoms with Crippen molar-refractivity contribution in [2.75, 3.05) is 50.5 Å². The van der Waals surface area contributed by atoms with Gasteiger partial charge >= 0.3 is 0 Å². The molecule has 3 rings (SSSR count). The Labute approximate surface area is 171 Å². The molecule has 2 amide bonds. The number of anilines is 1. The Morgan fingerprint density at radius 3 is 2.81 bits per heavy atom. The Kier molecular flexibility index (Phi) is 8.41. The Bertz CT molecular complexity index is 647. The monoisotopic (exact) mass is 413 g/mol. The van der Waals surface area contributed by atoms with Crippen molar-refractivity contribution in [3.63, 3.8) is 0 Å². The van der Waals surface area contributed by atoms with Crippen LogP contribution in [-0.4, -0.2) is 57.5 Å². The van der Waals surface area contributed by atoms with Gasteiger partial charge in [0.1, 0.15) is 0 Å². The van der Waals surface area contributed by atoms with Crippen LogP contribution in [0.2, 0.25) is 0 Å². The van der Waals surface area contributed by atoms with Crippen molar-refractivity contribution < 1.29 is 14.3 Å². The van der Waals surface area contributed by atoms with Gasteiger partial charge in [0.25, 0.3) is 0 Å². The maximum absolute atomic E-state index is 12.4. The second-order valence-electron chi connectivity index (χ2n) is 7.01. The van der Waals surface area contributed by atoms with E-state index in [1.54, 1.807) is 23.8 Å². The maximum Gasteiger partial charge on any atom is 0.237 e. The fraction of sp³-hybridized carbons (Fsp3) is 0.579. The first-order chi connectivity index (χ1) is 12.6. The third-order valence-electron chi connectivity index (χ3n) is 5.15. The second-order valence-corrected chi connectivity index (χ2v) is 8.03. The van der Waals surface area contributed by atoms with Crippen LogP contribution in [0, 0.1) is 5.41 Å². The number of methoxy groups -OCH3 is 1. The first kappa shape index (κ1) is 22.0. The number of rotatable bonds is 7. The minimum atomic E-state index is -0.0116. The summed E-state index contributed by atoms with van der Waals surface area (Å²) in [5, 5.41) is 6.42. The molecular weight excluding hydrogens is 386 g/mol. The largest absolute Gasteiger partial charge is 0.384 e. The molecule has 0 bridgehead atoms. The average molecular weight is 414 g/mol. The molecule has 150 valence electrons. The van der Waals surface area contributed by atoms with E-state index in [1.165, 1.54) is 0 Å². The lowest BCUT2D eigenvalue weighted by molar-refractivity contribution is -0.121. The summed E-state index contributed by atoms with van der Waals surface area (Å²) in [5.41, 5.74) is 0.926. The van der Waals surface area contributed by atoms with Crippen molar-refractivity contribution in [2.45, 2.75) is 24.2 Å². The highest BCUT2D eigenvalue weighted by molar-refractivity contribution is 8.00. The van der Waals surface area contributed by atoms with Crippen LogP contribution < -0.4 is 15.5 Å². The van der Waals surface area contributed by atoms with Gasteiger partial charge in [0.05, 0.1) is 18.0 Å². The van der Waals surface area contributed by atoms with E-state index in [0.29, 0.717) is 31.9 Å². The van der Waals surface area contributed by atoms with Crippen LogP contribution in [0.25, 0.3) is 0 Å². The van der Waals surface area contributed by atoms with Gasteiger partial charge in [0, 0.05) is 36.9 Å². The molecule has 0 aromatic heterocycles. The lowest BCUT2D eigenvalue weighted by Crippen LogP contribution is -2.47. The van der Waals surface area contributed by atoms with Crippen LogP contribution in [0.1, 0.15) is 19.3 Å². The van der Waals surface area contributed by atoms with Crippen molar-refractivity contribution in [1.29, 1.82) is 0 Å². The van der Waals surface area contributed by atoms with E-state index in [1.807, 2.05) is 24.3 Å². The third kappa shape index (κ3) is 5.60. The predicted octanol–water partition coefficient (Wildman–Crippen LogP) is 2.07. The average Bonchev–Trinajstić information content (AvgIpc) is 2.67. The van der Waals surface area contributed by atoms with E-state index < -0.39 is 0 Å². The van der Waals surface area contributed by atoms with E-state index >= 15 is 0 Å². The SMILES string of the molecule is COCC1(CNC(=O)CCN2C(=O)CSc3ccccc32)CCNCC1.Cl. The van der Waals surface area contributed by atoms with Gasteiger partial charge in [-0.3, -0.25) is 9.59 Å². The van der Waals surface area contributed by atoms with E-state index in [2.05, 4.69) is 10.6 Å². The highest BCUT2D eigenvalue weighted by Gasteiger charge is 2.32. The number of para-hydroxylation sites is 1. The lowest BCUT2D eigenvalue weighted by atomic mass is 9.79. The van der Waals surface area contributed by atoms with Gasteiger partial charge in [-0.2, -0.15) is 0 Å². The van der Waals surface area contributed by atoms with Crippen LogP contribution >= 0.6 is 24.2 Å². The number of benzene rings is 1. The van der Waals surface area contributed by atoms with E-state index in [4.69, 9.17) is 4.74 Å². The molecule has 6 nitrogen and oxygen atoms in total. The highest BCUT2D eigenvalue weighted by Crippen LogP contribution is 2.35. The van der Waals surface area contributed by atoms with Gasteiger partial charge in [0.15, 0.2) is 0 Å². The molecule has 0 aliphatic carbocycles. The molecule has 2 N–H and O–H groups in total. The molecule has 1 aromatic carbocycles. The Balaban J connectivity index is 0.00000261. The van der Waals surface area contributed by atoms with Crippen molar-refractivity contribution >= 4 is 41.7 Å². The third-order valence-corrected chi connectivity index (χ3v) is 6.19. The van der Waals surface area contributed by atoms with E-state index in [9.17, 15) is 9.59 Å². The molecule has 1 aromatic rings. The fourth-order valence-electron chi connectivity index (χ4n) is 3.62. The molecule has 0 spiro atoms. The van der Waals surface area contributed by atoms with Gasteiger partial charge < -0.3 is 20.3 Å². The first-order valence-corrected chi connectivity index (χ1v) is 10.1. The van der Waals surface area contributed by atoms with Crippen LogP contribution in [0.3, 0.4) is 0 Å². The van der Waals surface area contributed by atoms with Gasteiger partial charge in [-0.05, 0) is 38.1 Å². The molecule has 0 unspecified atom stereocenters. The summed E-state index contributed by atoms with van der Waals surface area (Å²) in [7, 11) is 1.71. The molecule has 1 fully saturated rings. The molecule has 0 radical (unpaired) electrons. The fourth-order valence-corrected chi connectivity index (χ4v) is 4.56. The molecule has 0 saturated carbocycles. The number of nitrogens with zero attached hydrogens (tertiary/aromatic N) is 1. The predicted molar refractivity (Wildman–Crippen MR) is 111 cm³/mol. The number of hydrogen-bond donors (Lipinski definition) is 2. The summed E-state index contributed by atoms with van der Waals surface area (Å²) in [6.07, 6.45) is 2.30. The number of ether oxygens (including phenoxy) is 1. The van der Waals surface area contributed by atoms with Crippen molar-refractivity contribution in [1.82, 2.24) is 10.6 Å². The molecule has 2 aliphatic heterocycles. The topological polar surface area (TPSA) is 70.7 Å². The van der Waals surface area contributed by atoms with E-state index in [-0.39, 0.29) is 29.6 Å².